The Morgan fingerprint density at radius 3 is 2.47 bits per heavy atom. The zero-order valence-corrected chi connectivity index (χ0v) is 12.7. The second-order valence-electron chi connectivity index (χ2n) is 4.54. The monoisotopic (exact) mass is 319 g/mol. The van der Waals surface area contributed by atoms with Crippen LogP contribution in [0.1, 0.15) is 26.3 Å². The molecule has 1 unspecified atom stereocenters. The van der Waals surface area contributed by atoms with Crippen LogP contribution in [0.4, 0.5) is 0 Å². The van der Waals surface area contributed by atoms with E-state index >= 15 is 0 Å². The summed E-state index contributed by atoms with van der Waals surface area (Å²) in [7, 11) is -3.27. The molecule has 0 radical (unpaired) electrons. The highest BCUT2D eigenvalue weighted by Crippen LogP contribution is 2.14. The predicted molar refractivity (Wildman–Crippen MR) is 74.2 cm³/mol. The number of halogens is 1. The van der Waals surface area contributed by atoms with Gasteiger partial charge in [-0.15, -0.1) is 0 Å². The van der Waals surface area contributed by atoms with E-state index in [9.17, 15) is 8.42 Å². The van der Waals surface area contributed by atoms with Crippen molar-refractivity contribution < 1.29 is 8.42 Å². The molecule has 0 fully saturated rings. The van der Waals surface area contributed by atoms with E-state index < -0.39 is 10.0 Å². The summed E-state index contributed by atoms with van der Waals surface area (Å²) in [6, 6.07) is 7.29. The lowest BCUT2D eigenvalue weighted by atomic mass is 10.1. The molecule has 0 aromatic heterocycles. The molecule has 0 heterocycles. The van der Waals surface area contributed by atoms with Gasteiger partial charge in [-0.05, 0) is 30.5 Å². The molecule has 0 saturated heterocycles. The molecule has 0 bridgehead atoms. The highest BCUT2D eigenvalue weighted by molar-refractivity contribution is 9.10. The molecule has 1 aromatic carbocycles. The van der Waals surface area contributed by atoms with Gasteiger partial charge in [-0.2, -0.15) is 0 Å². The summed E-state index contributed by atoms with van der Waals surface area (Å²) >= 11 is 3.33. The number of sulfonamides is 1. The fourth-order valence-corrected chi connectivity index (χ4v) is 3.29. The average molecular weight is 320 g/mol. The van der Waals surface area contributed by atoms with Gasteiger partial charge in [0.2, 0.25) is 10.0 Å². The van der Waals surface area contributed by atoms with Gasteiger partial charge in [0.15, 0.2) is 0 Å². The lowest BCUT2D eigenvalue weighted by Crippen LogP contribution is -2.36. The first-order chi connectivity index (χ1) is 7.80. The summed E-state index contributed by atoms with van der Waals surface area (Å²) in [5, 5.41) is 0. The van der Waals surface area contributed by atoms with Crippen LogP contribution < -0.4 is 4.72 Å². The van der Waals surface area contributed by atoms with Crippen molar-refractivity contribution in [2.45, 2.75) is 32.6 Å². The minimum absolute atomic E-state index is 0.0174. The Kier molecular flexibility index (Phi) is 5.16. The van der Waals surface area contributed by atoms with Crippen LogP contribution in [0.15, 0.2) is 28.7 Å². The van der Waals surface area contributed by atoms with E-state index in [4.69, 9.17) is 0 Å². The van der Waals surface area contributed by atoms with Crippen LogP contribution in [-0.4, -0.2) is 14.5 Å². The summed E-state index contributed by atoms with van der Waals surface area (Å²) in [6.07, 6.45) is 0. The number of hydrogen-bond donors (Lipinski definition) is 1. The van der Waals surface area contributed by atoms with E-state index in [1.165, 1.54) is 0 Å². The zero-order chi connectivity index (χ0) is 13.1. The summed E-state index contributed by atoms with van der Waals surface area (Å²) in [6.45, 7) is 5.86. The molecule has 5 heteroatoms. The van der Waals surface area contributed by atoms with Crippen molar-refractivity contribution in [3.8, 4) is 0 Å². The quantitative estimate of drug-likeness (QED) is 0.907. The van der Waals surface area contributed by atoms with Gasteiger partial charge in [0.05, 0.1) is 5.75 Å². The smallest absolute Gasteiger partial charge is 0.212 e. The standard InChI is InChI=1S/C12H18BrNO2S/c1-9(2)10(3)14-17(15,16)8-11-5-4-6-12(13)7-11/h4-7,9-10,14H,8H2,1-3H3. The minimum Gasteiger partial charge on any atom is -0.212 e. The highest BCUT2D eigenvalue weighted by atomic mass is 79.9. The maximum Gasteiger partial charge on any atom is 0.216 e. The summed E-state index contributed by atoms with van der Waals surface area (Å²) in [5.74, 6) is 0.302. The summed E-state index contributed by atoms with van der Waals surface area (Å²) in [4.78, 5) is 0. The Labute approximate surface area is 112 Å². The van der Waals surface area contributed by atoms with Crippen LogP contribution in [0, 0.1) is 5.92 Å². The van der Waals surface area contributed by atoms with Gasteiger partial charge in [0.25, 0.3) is 0 Å². The first kappa shape index (κ1) is 14.7. The Morgan fingerprint density at radius 1 is 1.29 bits per heavy atom. The lowest BCUT2D eigenvalue weighted by molar-refractivity contribution is 0.476. The fourth-order valence-electron chi connectivity index (χ4n) is 1.31. The van der Waals surface area contributed by atoms with Crippen LogP contribution in [0.3, 0.4) is 0 Å². The summed E-state index contributed by atoms with van der Waals surface area (Å²) < 4.78 is 27.4. The second kappa shape index (κ2) is 5.98. The van der Waals surface area contributed by atoms with Gasteiger partial charge in [-0.25, -0.2) is 13.1 Å². The van der Waals surface area contributed by atoms with Crippen molar-refractivity contribution in [1.82, 2.24) is 4.72 Å². The van der Waals surface area contributed by atoms with Crippen molar-refractivity contribution in [3.05, 3.63) is 34.3 Å². The SMILES string of the molecule is CC(C)C(C)NS(=O)(=O)Cc1cccc(Br)c1. The van der Waals surface area contributed by atoms with Crippen LogP contribution >= 0.6 is 15.9 Å². The number of benzene rings is 1. The van der Waals surface area contributed by atoms with Crippen LogP contribution in [0.5, 0.6) is 0 Å². The largest absolute Gasteiger partial charge is 0.216 e. The molecular weight excluding hydrogens is 302 g/mol. The maximum atomic E-state index is 11.9. The van der Waals surface area contributed by atoms with Crippen molar-refractivity contribution in [3.63, 3.8) is 0 Å². The van der Waals surface area contributed by atoms with Crippen molar-refractivity contribution in [1.29, 1.82) is 0 Å². The third kappa shape index (κ3) is 5.19. The van der Waals surface area contributed by atoms with Gasteiger partial charge in [-0.3, -0.25) is 0 Å². The Morgan fingerprint density at radius 2 is 1.94 bits per heavy atom. The van der Waals surface area contributed by atoms with Crippen molar-refractivity contribution in [2.75, 3.05) is 0 Å². The van der Waals surface area contributed by atoms with E-state index in [-0.39, 0.29) is 17.7 Å². The Bertz CT molecular complexity index is 471. The minimum atomic E-state index is -3.27. The van der Waals surface area contributed by atoms with Crippen molar-refractivity contribution >= 4 is 26.0 Å². The molecule has 0 aliphatic carbocycles. The number of nitrogens with one attached hydrogen (secondary N) is 1. The first-order valence-electron chi connectivity index (χ1n) is 5.54. The molecule has 96 valence electrons. The van der Waals surface area contributed by atoms with E-state index in [1.54, 1.807) is 0 Å². The van der Waals surface area contributed by atoms with E-state index in [0.717, 1.165) is 10.0 Å². The van der Waals surface area contributed by atoms with Gasteiger partial charge < -0.3 is 0 Å². The van der Waals surface area contributed by atoms with Crippen LogP contribution in [0.2, 0.25) is 0 Å². The molecule has 1 aromatic rings. The van der Waals surface area contributed by atoms with Gasteiger partial charge in [-0.1, -0.05) is 41.9 Å². The molecule has 17 heavy (non-hydrogen) atoms. The molecule has 1 N–H and O–H groups in total. The molecular formula is C12H18BrNO2S. The normalized spacial score (nSPS) is 13.9. The van der Waals surface area contributed by atoms with Gasteiger partial charge in [0.1, 0.15) is 0 Å². The van der Waals surface area contributed by atoms with Crippen LogP contribution in [0.25, 0.3) is 0 Å². The Hall–Kier alpha value is -0.390. The van der Waals surface area contributed by atoms with E-state index in [1.807, 2.05) is 45.0 Å². The highest BCUT2D eigenvalue weighted by Gasteiger charge is 2.17. The lowest BCUT2D eigenvalue weighted by Gasteiger charge is -2.17. The third-order valence-electron chi connectivity index (χ3n) is 2.61. The Balaban J connectivity index is 2.73. The number of hydrogen-bond acceptors (Lipinski definition) is 2. The average Bonchev–Trinajstić information content (AvgIpc) is 2.15. The molecule has 0 spiro atoms. The topological polar surface area (TPSA) is 46.2 Å². The molecule has 1 atom stereocenters. The maximum absolute atomic E-state index is 11.9. The van der Waals surface area contributed by atoms with E-state index in [2.05, 4.69) is 20.7 Å². The van der Waals surface area contributed by atoms with Gasteiger partial charge in [0, 0.05) is 10.5 Å². The van der Waals surface area contributed by atoms with Gasteiger partial charge >= 0.3 is 0 Å². The molecule has 0 saturated carbocycles. The molecule has 3 nitrogen and oxygen atoms in total. The third-order valence-corrected chi connectivity index (χ3v) is 4.55. The van der Waals surface area contributed by atoms with E-state index in [0.29, 0.717) is 0 Å². The number of rotatable bonds is 5. The van der Waals surface area contributed by atoms with Crippen LogP contribution in [-0.2, 0) is 15.8 Å². The molecule has 0 amide bonds. The fraction of sp³-hybridized carbons (Fsp3) is 0.500. The zero-order valence-electron chi connectivity index (χ0n) is 10.3. The predicted octanol–water partition coefficient (Wildman–Crippen LogP) is 2.91. The van der Waals surface area contributed by atoms with Crippen molar-refractivity contribution in [2.24, 2.45) is 5.92 Å². The molecule has 0 aliphatic rings. The second-order valence-corrected chi connectivity index (χ2v) is 7.21. The summed E-state index contributed by atoms with van der Waals surface area (Å²) in [5.41, 5.74) is 0.780. The molecule has 1 rings (SSSR count). The molecule has 0 aliphatic heterocycles. The first-order valence-corrected chi connectivity index (χ1v) is 7.99.